The molecule has 0 saturated heterocycles. The highest BCUT2D eigenvalue weighted by Gasteiger charge is 2.17. The molecule has 0 aliphatic rings. The first-order chi connectivity index (χ1) is 14.4. The van der Waals surface area contributed by atoms with Gasteiger partial charge in [0.05, 0.1) is 19.3 Å². The topological polar surface area (TPSA) is 68.3 Å². The lowest BCUT2D eigenvalue weighted by molar-refractivity contribution is -0.134. The zero-order chi connectivity index (χ0) is 22.1. The van der Waals surface area contributed by atoms with Crippen molar-refractivity contribution in [3.63, 3.8) is 0 Å². The van der Waals surface area contributed by atoms with Crippen LogP contribution in [0.15, 0.2) is 42.5 Å². The number of rotatable bonds is 10. The number of hydrogen-bond acceptors (Lipinski definition) is 6. The maximum atomic E-state index is 12.6. The maximum absolute atomic E-state index is 12.6. The number of carbonyl (C=O) groups is 2. The lowest BCUT2D eigenvalue weighted by Crippen LogP contribution is -2.34. The molecule has 30 heavy (non-hydrogen) atoms. The number of hydrogen-bond donors (Lipinski definition) is 0. The van der Waals surface area contributed by atoms with E-state index in [1.54, 1.807) is 30.2 Å². The fourth-order valence-electron chi connectivity index (χ4n) is 2.89. The summed E-state index contributed by atoms with van der Waals surface area (Å²) in [5.41, 5.74) is 2.19. The van der Waals surface area contributed by atoms with Crippen LogP contribution in [0, 0.1) is 0 Å². The smallest absolute Gasteiger partial charge is 0.338 e. The van der Waals surface area contributed by atoms with Crippen LogP contribution >= 0.6 is 0 Å². The van der Waals surface area contributed by atoms with Gasteiger partial charge >= 0.3 is 5.97 Å². The molecule has 7 heteroatoms. The normalized spacial score (nSPS) is 10.3. The van der Waals surface area contributed by atoms with E-state index in [0.29, 0.717) is 36.8 Å². The largest absolute Gasteiger partial charge is 0.493 e. The van der Waals surface area contributed by atoms with Gasteiger partial charge in [-0.05, 0) is 49.7 Å². The Morgan fingerprint density at radius 3 is 2.40 bits per heavy atom. The van der Waals surface area contributed by atoms with Crippen molar-refractivity contribution < 1.29 is 23.8 Å². The van der Waals surface area contributed by atoms with Crippen molar-refractivity contribution in [2.75, 3.05) is 45.9 Å². The molecule has 0 atom stereocenters. The third-order valence-electron chi connectivity index (χ3n) is 4.56. The van der Waals surface area contributed by atoms with E-state index in [0.717, 1.165) is 11.3 Å². The SMILES string of the molecule is CCOc1ccc(CN(CC)C(=O)COC(=O)c2cccc(N(C)C)c2)cc1OC. The molecule has 0 aliphatic heterocycles. The Hall–Kier alpha value is -3.22. The minimum absolute atomic E-state index is 0.262. The van der Waals surface area contributed by atoms with Gasteiger partial charge in [0.15, 0.2) is 18.1 Å². The minimum Gasteiger partial charge on any atom is -0.493 e. The first-order valence-electron chi connectivity index (χ1n) is 9.91. The Morgan fingerprint density at radius 2 is 1.77 bits per heavy atom. The van der Waals surface area contributed by atoms with Gasteiger partial charge in [0.1, 0.15) is 0 Å². The molecule has 0 N–H and O–H groups in total. The molecule has 162 valence electrons. The molecule has 0 radical (unpaired) electrons. The summed E-state index contributed by atoms with van der Waals surface area (Å²) in [5.74, 6) is 0.491. The molecular weight excluding hydrogens is 384 g/mol. The summed E-state index contributed by atoms with van der Waals surface area (Å²) in [7, 11) is 5.36. The number of likely N-dealkylation sites (N-methyl/N-ethyl adjacent to an activating group) is 1. The Balaban J connectivity index is 1.99. The Bertz CT molecular complexity index is 866. The van der Waals surface area contributed by atoms with Crippen molar-refractivity contribution >= 4 is 17.6 Å². The van der Waals surface area contributed by atoms with Gasteiger partial charge in [-0.2, -0.15) is 0 Å². The van der Waals surface area contributed by atoms with Crippen LogP contribution in [0.2, 0.25) is 0 Å². The first-order valence-corrected chi connectivity index (χ1v) is 9.91. The van der Waals surface area contributed by atoms with Gasteiger partial charge in [-0.25, -0.2) is 4.79 Å². The van der Waals surface area contributed by atoms with Crippen LogP contribution in [-0.4, -0.2) is 57.7 Å². The fourth-order valence-corrected chi connectivity index (χ4v) is 2.89. The van der Waals surface area contributed by atoms with E-state index >= 15 is 0 Å². The number of methoxy groups -OCH3 is 1. The van der Waals surface area contributed by atoms with Crippen LogP contribution in [0.5, 0.6) is 11.5 Å². The van der Waals surface area contributed by atoms with Crippen LogP contribution in [0.25, 0.3) is 0 Å². The number of amides is 1. The summed E-state index contributed by atoms with van der Waals surface area (Å²) in [6.07, 6.45) is 0. The van der Waals surface area contributed by atoms with Crippen molar-refractivity contribution in [1.82, 2.24) is 4.90 Å². The highest BCUT2D eigenvalue weighted by atomic mass is 16.5. The molecular formula is C23H30N2O5. The second-order valence-electron chi connectivity index (χ2n) is 6.85. The van der Waals surface area contributed by atoms with Gasteiger partial charge in [0, 0.05) is 32.9 Å². The number of carbonyl (C=O) groups excluding carboxylic acids is 2. The lowest BCUT2D eigenvalue weighted by atomic mass is 10.2. The van der Waals surface area contributed by atoms with E-state index in [2.05, 4.69) is 0 Å². The van der Waals surface area contributed by atoms with Crippen molar-refractivity contribution in [2.24, 2.45) is 0 Å². The van der Waals surface area contributed by atoms with Gasteiger partial charge in [-0.3, -0.25) is 4.79 Å². The average molecular weight is 415 g/mol. The number of ether oxygens (including phenoxy) is 3. The number of anilines is 1. The van der Waals surface area contributed by atoms with Crippen LogP contribution < -0.4 is 14.4 Å². The second kappa shape index (κ2) is 11.1. The summed E-state index contributed by atoms with van der Waals surface area (Å²) >= 11 is 0. The second-order valence-corrected chi connectivity index (χ2v) is 6.85. The molecule has 2 rings (SSSR count). The van der Waals surface area contributed by atoms with Crippen molar-refractivity contribution in [3.05, 3.63) is 53.6 Å². The number of nitrogens with zero attached hydrogens (tertiary/aromatic N) is 2. The summed E-state index contributed by atoms with van der Waals surface area (Å²) < 4.78 is 16.1. The molecule has 2 aromatic rings. The number of benzene rings is 2. The van der Waals surface area contributed by atoms with Gasteiger partial charge in [-0.15, -0.1) is 0 Å². The van der Waals surface area contributed by atoms with E-state index in [9.17, 15) is 9.59 Å². The predicted molar refractivity (Wildman–Crippen MR) is 116 cm³/mol. The van der Waals surface area contributed by atoms with E-state index in [1.807, 2.05) is 57.1 Å². The molecule has 0 bridgehead atoms. The van der Waals surface area contributed by atoms with Crippen LogP contribution in [0.4, 0.5) is 5.69 Å². The van der Waals surface area contributed by atoms with E-state index < -0.39 is 5.97 Å². The number of esters is 1. The quantitative estimate of drug-likeness (QED) is 0.556. The van der Waals surface area contributed by atoms with Crippen LogP contribution in [-0.2, 0) is 16.1 Å². The summed E-state index contributed by atoms with van der Waals surface area (Å²) in [4.78, 5) is 28.5. The van der Waals surface area contributed by atoms with Crippen LogP contribution in [0.3, 0.4) is 0 Å². The van der Waals surface area contributed by atoms with Gasteiger partial charge in [-0.1, -0.05) is 12.1 Å². The molecule has 0 unspecified atom stereocenters. The van der Waals surface area contributed by atoms with E-state index in [-0.39, 0.29) is 12.5 Å². The Morgan fingerprint density at radius 1 is 1.00 bits per heavy atom. The zero-order valence-corrected chi connectivity index (χ0v) is 18.3. The predicted octanol–water partition coefficient (Wildman–Crippen LogP) is 3.37. The standard InChI is InChI=1S/C23H30N2O5/c1-6-25(15-17-11-12-20(29-7-2)21(13-17)28-5)22(26)16-30-23(27)18-9-8-10-19(14-18)24(3)4/h8-14H,6-7,15-16H2,1-5H3. The average Bonchev–Trinajstić information content (AvgIpc) is 2.76. The summed E-state index contributed by atoms with van der Waals surface area (Å²) in [6.45, 7) is 4.88. The van der Waals surface area contributed by atoms with E-state index in [1.165, 1.54) is 0 Å². The van der Waals surface area contributed by atoms with Gasteiger partial charge in [0.25, 0.3) is 5.91 Å². The third-order valence-corrected chi connectivity index (χ3v) is 4.56. The van der Waals surface area contributed by atoms with Crippen molar-refractivity contribution in [2.45, 2.75) is 20.4 Å². The molecule has 0 heterocycles. The molecule has 2 aromatic carbocycles. The molecule has 0 saturated carbocycles. The lowest BCUT2D eigenvalue weighted by Gasteiger charge is -2.21. The van der Waals surface area contributed by atoms with Gasteiger partial charge in [0.2, 0.25) is 0 Å². The van der Waals surface area contributed by atoms with Crippen molar-refractivity contribution in [3.8, 4) is 11.5 Å². The first kappa shape index (κ1) is 23.1. The Kier molecular flexibility index (Phi) is 8.53. The molecule has 0 aromatic heterocycles. The minimum atomic E-state index is -0.522. The third kappa shape index (κ3) is 6.14. The molecule has 0 spiro atoms. The monoisotopic (exact) mass is 414 g/mol. The Labute approximate surface area is 178 Å². The molecule has 0 aliphatic carbocycles. The van der Waals surface area contributed by atoms with Gasteiger partial charge < -0.3 is 24.0 Å². The van der Waals surface area contributed by atoms with E-state index in [4.69, 9.17) is 14.2 Å². The molecule has 1 amide bonds. The van der Waals surface area contributed by atoms with Crippen LogP contribution in [0.1, 0.15) is 29.8 Å². The molecule has 0 fully saturated rings. The maximum Gasteiger partial charge on any atom is 0.338 e. The highest BCUT2D eigenvalue weighted by molar-refractivity contribution is 5.92. The van der Waals surface area contributed by atoms with Crippen molar-refractivity contribution in [1.29, 1.82) is 0 Å². The summed E-state index contributed by atoms with van der Waals surface area (Å²) in [6, 6.07) is 12.6. The molecule has 7 nitrogen and oxygen atoms in total. The fraction of sp³-hybridized carbons (Fsp3) is 0.391. The summed E-state index contributed by atoms with van der Waals surface area (Å²) in [5, 5.41) is 0. The highest BCUT2D eigenvalue weighted by Crippen LogP contribution is 2.28. The zero-order valence-electron chi connectivity index (χ0n) is 18.3.